The fourth-order valence-electron chi connectivity index (χ4n) is 5.10. The zero-order valence-electron chi connectivity index (χ0n) is 18.5. The number of hydrogen-bond donors (Lipinski definition) is 0. The van der Waals surface area contributed by atoms with Crippen molar-refractivity contribution in [3.8, 4) is 0 Å². The van der Waals surface area contributed by atoms with Crippen LogP contribution in [0.25, 0.3) is 0 Å². The maximum absolute atomic E-state index is 3.49. The van der Waals surface area contributed by atoms with E-state index in [9.17, 15) is 0 Å². The topological polar surface area (TPSA) is 0 Å². The van der Waals surface area contributed by atoms with Crippen LogP contribution in [-0.4, -0.2) is 11.1 Å². The van der Waals surface area contributed by atoms with Crippen LogP contribution in [-0.2, 0) is 0 Å². The first-order chi connectivity index (χ1) is 12.6. The molecular weight excluding hydrogens is 350 g/mol. The summed E-state index contributed by atoms with van der Waals surface area (Å²) in [5.74, 6) is 0. The average molecular weight is 401 g/mol. The molecule has 3 atom stereocenters. The molecular formula is C24H50P2. The molecule has 1 fully saturated rings. The predicted molar refractivity (Wildman–Crippen MR) is 128 cm³/mol. The van der Waals surface area contributed by atoms with E-state index in [1.807, 2.05) is 0 Å². The monoisotopic (exact) mass is 400 g/mol. The quantitative estimate of drug-likeness (QED) is 0.179. The number of hydrogen-bond acceptors (Lipinski definition) is 0. The molecule has 0 saturated heterocycles. The minimum absolute atomic E-state index is 0.579. The first-order valence-electron chi connectivity index (χ1n) is 12.2. The van der Waals surface area contributed by atoms with E-state index in [1.54, 1.807) is 0 Å². The summed E-state index contributed by atoms with van der Waals surface area (Å²) < 4.78 is 0. The first kappa shape index (κ1) is 24.9. The number of rotatable bonds is 16. The van der Waals surface area contributed by atoms with E-state index >= 15 is 0 Å². The summed E-state index contributed by atoms with van der Waals surface area (Å²) >= 11 is 0. The third kappa shape index (κ3) is 8.48. The summed E-state index contributed by atoms with van der Waals surface area (Å²) in [6, 6.07) is 0. The molecule has 1 aliphatic rings. The van der Waals surface area contributed by atoms with E-state index in [-0.39, 0.29) is 0 Å². The number of unbranched alkanes of at least 4 members (excludes halogenated alkanes) is 9. The third-order valence-electron chi connectivity index (χ3n) is 6.91. The molecule has 0 amide bonds. The van der Waals surface area contributed by atoms with Crippen molar-refractivity contribution in [2.45, 2.75) is 141 Å². The van der Waals surface area contributed by atoms with Gasteiger partial charge in [-0.15, -0.1) is 17.8 Å². The molecule has 0 aliphatic heterocycles. The largest absolute Gasteiger partial charge is 0.126 e. The van der Waals surface area contributed by atoms with Gasteiger partial charge in [0.2, 0.25) is 0 Å². The van der Waals surface area contributed by atoms with Crippen LogP contribution < -0.4 is 0 Å². The second-order valence-corrected chi connectivity index (χ2v) is 12.4. The Kier molecular flexibility index (Phi) is 14.2. The Morgan fingerprint density at radius 2 is 1.15 bits per heavy atom. The van der Waals surface area contributed by atoms with Crippen LogP contribution in [0.4, 0.5) is 0 Å². The minimum atomic E-state index is 0.579. The molecule has 26 heavy (non-hydrogen) atoms. The van der Waals surface area contributed by atoms with Crippen LogP contribution in [0.2, 0.25) is 0 Å². The van der Waals surface area contributed by atoms with Crippen molar-refractivity contribution in [1.29, 1.82) is 0 Å². The molecule has 0 aromatic heterocycles. The highest BCUT2D eigenvalue weighted by molar-refractivity contribution is 7.52. The highest BCUT2D eigenvalue weighted by atomic mass is 31.1. The molecule has 0 radical (unpaired) electrons. The van der Waals surface area contributed by atoms with E-state index in [2.05, 4.69) is 30.0 Å². The second-order valence-electron chi connectivity index (χ2n) is 9.07. The van der Waals surface area contributed by atoms with Crippen LogP contribution in [0.1, 0.15) is 136 Å². The highest BCUT2D eigenvalue weighted by Gasteiger charge is 2.48. The normalized spacial score (nSPS) is 23.1. The molecule has 0 heterocycles. The Morgan fingerprint density at radius 1 is 0.654 bits per heavy atom. The Balaban J connectivity index is 2.70. The summed E-state index contributed by atoms with van der Waals surface area (Å²) in [5.41, 5.74) is 0.653. The van der Waals surface area contributed by atoms with Crippen LogP contribution in [0.5, 0.6) is 0 Å². The fourth-order valence-corrected chi connectivity index (χ4v) is 8.14. The van der Waals surface area contributed by atoms with Gasteiger partial charge in [-0.25, -0.2) is 0 Å². The van der Waals surface area contributed by atoms with Gasteiger partial charge >= 0.3 is 0 Å². The SMILES string of the molecule is CCCCCCPC1(P)CCCCC1(CCCCCC)CCCCCC. The van der Waals surface area contributed by atoms with Crippen molar-refractivity contribution in [3.63, 3.8) is 0 Å². The highest BCUT2D eigenvalue weighted by Crippen LogP contribution is 2.63. The lowest BCUT2D eigenvalue weighted by Crippen LogP contribution is -2.43. The van der Waals surface area contributed by atoms with Crippen LogP contribution in [0, 0.1) is 5.41 Å². The summed E-state index contributed by atoms with van der Waals surface area (Å²) in [6.07, 6.45) is 27.8. The van der Waals surface area contributed by atoms with Gasteiger partial charge in [0.05, 0.1) is 0 Å². The summed E-state index contributed by atoms with van der Waals surface area (Å²) in [5, 5.41) is 0. The van der Waals surface area contributed by atoms with Crippen molar-refractivity contribution >= 4 is 17.8 Å². The van der Waals surface area contributed by atoms with Crippen molar-refractivity contribution in [2.75, 3.05) is 6.16 Å². The Bertz CT molecular complexity index is 316. The van der Waals surface area contributed by atoms with Crippen molar-refractivity contribution < 1.29 is 0 Å². The smallest absolute Gasteiger partial charge is 0.00771 e. The van der Waals surface area contributed by atoms with Crippen LogP contribution in [0.3, 0.4) is 0 Å². The molecule has 156 valence electrons. The maximum atomic E-state index is 3.49. The van der Waals surface area contributed by atoms with Gasteiger partial charge in [0.1, 0.15) is 0 Å². The van der Waals surface area contributed by atoms with Gasteiger partial charge in [-0.05, 0) is 43.7 Å². The molecule has 0 aromatic carbocycles. The van der Waals surface area contributed by atoms with E-state index in [0.29, 0.717) is 10.3 Å². The van der Waals surface area contributed by atoms with Gasteiger partial charge in [-0.3, -0.25) is 0 Å². The fraction of sp³-hybridized carbons (Fsp3) is 1.00. The predicted octanol–water partition coefficient (Wildman–Crippen LogP) is 9.32. The molecule has 3 unspecified atom stereocenters. The van der Waals surface area contributed by atoms with Gasteiger partial charge in [0, 0.05) is 4.90 Å². The standard InChI is InChI=1S/C24H50P2/c1-4-7-10-13-18-23(19-14-11-8-5-2)20-15-16-21-24(23,25)26-22-17-12-9-6-3/h26H,4-22,25H2,1-3H3. The molecule has 0 nitrogen and oxygen atoms in total. The van der Waals surface area contributed by atoms with Crippen molar-refractivity contribution in [1.82, 2.24) is 0 Å². The van der Waals surface area contributed by atoms with E-state index in [4.69, 9.17) is 0 Å². The summed E-state index contributed by atoms with van der Waals surface area (Å²) in [7, 11) is 4.67. The van der Waals surface area contributed by atoms with Crippen molar-refractivity contribution in [3.05, 3.63) is 0 Å². The maximum Gasteiger partial charge on any atom is 0.00771 e. The molecule has 0 aromatic rings. The van der Waals surface area contributed by atoms with E-state index in [1.165, 1.54) is 130 Å². The van der Waals surface area contributed by atoms with Crippen molar-refractivity contribution in [2.24, 2.45) is 5.41 Å². The summed E-state index contributed by atoms with van der Waals surface area (Å²) in [6.45, 7) is 7.02. The second kappa shape index (κ2) is 14.8. The minimum Gasteiger partial charge on any atom is -0.126 e. The van der Waals surface area contributed by atoms with E-state index in [0.717, 1.165) is 0 Å². The molecule has 1 rings (SSSR count). The van der Waals surface area contributed by atoms with E-state index < -0.39 is 0 Å². The zero-order chi connectivity index (χ0) is 19.1. The molecule has 0 spiro atoms. The summed E-state index contributed by atoms with van der Waals surface area (Å²) in [4.78, 5) is 0.579. The van der Waals surface area contributed by atoms with Gasteiger partial charge in [-0.2, -0.15) is 0 Å². The van der Waals surface area contributed by atoms with Crippen LogP contribution in [0.15, 0.2) is 0 Å². The van der Waals surface area contributed by atoms with Gasteiger partial charge < -0.3 is 0 Å². The molecule has 2 heteroatoms. The zero-order valence-corrected chi connectivity index (χ0v) is 20.7. The Morgan fingerprint density at radius 3 is 1.69 bits per heavy atom. The van der Waals surface area contributed by atoms with Gasteiger partial charge in [-0.1, -0.05) is 104 Å². The Hall–Kier alpha value is 0.860. The third-order valence-corrected chi connectivity index (χ3v) is 10.4. The van der Waals surface area contributed by atoms with Gasteiger partial charge in [0.15, 0.2) is 0 Å². The molecule has 1 saturated carbocycles. The molecule has 1 aliphatic carbocycles. The molecule has 0 N–H and O–H groups in total. The van der Waals surface area contributed by atoms with Gasteiger partial charge in [0.25, 0.3) is 0 Å². The van der Waals surface area contributed by atoms with Crippen LogP contribution >= 0.6 is 17.8 Å². The lowest BCUT2D eigenvalue weighted by molar-refractivity contribution is 0.137. The molecule has 0 bridgehead atoms. The Labute approximate surface area is 170 Å². The lowest BCUT2D eigenvalue weighted by atomic mass is 9.67. The average Bonchev–Trinajstić information content (AvgIpc) is 2.64. The first-order valence-corrected chi connectivity index (χ1v) is 14.0. The lowest BCUT2D eigenvalue weighted by Gasteiger charge is -2.53.